The standard InChI is InChI=1S/C15H18N2O4/c1-3-5-17-11-7-16(8-12(11)21-9-13(17)18)15(19)14-10(2)4-6-20-14/h3-4,6,11-12H,1,5,7-9H2,2H3/t11-,12-/m1/s1. The summed E-state index contributed by atoms with van der Waals surface area (Å²) in [6.45, 7) is 7.00. The van der Waals surface area contributed by atoms with E-state index in [1.54, 1.807) is 21.9 Å². The summed E-state index contributed by atoms with van der Waals surface area (Å²) in [6, 6.07) is 1.66. The first kappa shape index (κ1) is 13.9. The molecule has 0 saturated carbocycles. The van der Waals surface area contributed by atoms with E-state index in [1.165, 1.54) is 6.26 Å². The van der Waals surface area contributed by atoms with Crippen molar-refractivity contribution in [3.63, 3.8) is 0 Å². The van der Waals surface area contributed by atoms with Crippen LogP contribution in [0.4, 0.5) is 0 Å². The lowest BCUT2D eigenvalue weighted by atomic mass is 10.1. The molecule has 21 heavy (non-hydrogen) atoms. The number of aryl methyl sites for hydroxylation is 1. The van der Waals surface area contributed by atoms with Gasteiger partial charge >= 0.3 is 0 Å². The van der Waals surface area contributed by atoms with E-state index in [0.717, 1.165) is 5.56 Å². The minimum Gasteiger partial charge on any atom is -0.459 e. The molecule has 112 valence electrons. The Morgan fingerprint density at radius 1 is 1.52 bits per heavy atom. The van der Waals surface area contributed by atoms with Crippen molar-refractivity contribution in [2.45, 2.75) is 19.1 Å². The molecule has 0 N–H and O–H groups in total. The molecule has 1 aromatic rings. The van der Waals surface area contributed by atoms with Crippen molar-refractivity contribution < 1.29 is 18.7 Å². The zero-order chi connectivity index (χ0) is 15.0. The Balaban J connectivity index is 1.77. The molecule has 3 rings (SSSR count). The van der Waals surface area contributed by atoms with Crippen LogP contribution in [0.3, 0.4) is 0 Å². The molecule has 0 radical (unpaired) electrons. The maximum absolute atomic E-state index is 12.5. The fraction of sp³-hybridized carbons (Fsp3) is 0.467. The molecular weight excluding hydrogens is 272 g/mol. The van der Waals surface area contributed by atoms with Crippen LogP contribution in [0.5, 0.6) is 0 Å². The van der Waals surface area contributed by atoms with Crippen LogP contribution < -0.4 is 0 Å². The molecule has 6 nitrogen and oxygen atoms in total. The van der Waals surface area contributed by atoms with Crippen molar-refractivity contribution >= 4 is 11.8 Å². The van der Waals surface area contributed by atoms with E-state index in [-0.39, 0.29) is 30.6 Å². The van der Waals surface area contributed by atoms with Gasteiger partial charge in [-0.3, -0.25) is 9.59 Å². The van der Waals surface area contributed by atoms with Crippen LogP contribution in [0, 0.1) is 6.92 Å². The number of likely N-dealkylation sites (tertiary alicyclic amines) is 1. The van der Waals surface area contributed by atoms with Crippen molar-refractivity contribution in [3.05, 3.63) is 36.3 Å². The molecule has 2 fully saturated rings. The lowest BCUT2D eigenvalue weighted by Gasteiger charge is -2.35. The Bertz CT molecular complexity index is 580. The third-order valence-corrected chi connectivity index (χ3v) is 4.05. The minimum atomic E-state index is -0.151. The number of hydrogen-bond acceptors (Lipinski definition) is 4. The van der Waals surface area contributed by atoms with Gasteiger partial charge in [-0.2, -0.15) is 0 Å². The summed E-state index contributed by atoms with van der Waals surface area (Å²) in [4.78, 5) is 27.8. The van der Waals surface area contributed by atoms with Gasteiger partial charge in [-0.1, -0.05) is 6.08 Å². The van der Waals surface area contributed by atoms with Gasteiger partial charge in [-0.05, 0) is 13.0 Å². The summed E-state index contributed by atoms with van der Waals surface area (Å²) in [5.74, 6) is 0.149. The molecule has 0 aromatic carbocycles. The molecule has 3 heterocycles. The lowest BCUT2D eigenvalue weighted by Crippen LogP contribution is -2.53. The maximum Gasteiger partial charge on any atom is 0.289 e. The molecule has 2 aliphatic heterocycles. The Labute approximate surface area is 122 Å². The number of carbonyl (C=O) groups is 2. The highest BCUT2D eigenvalue weighted by atomic mass is 16.5. The smallest absolute Gasteiger partial charge is 0.289 e. The van der Waals surface area contributed by atoms with Gasteiger partial charge in [0.05, 0.1) is 18.4 Å². The first-order valence-electron chi connectivity index (χ1n) is 6.97. The molecule has 2 aliphatic rings. The Morgan fingerprint density at radius 2 is 2.33 bits per heavy atom. The van der Waals surface area contributed by atoms with Crippen LogP contribution >= 0.6 is 0 Å². The summed E-state index contributed by atoms with van der Waals surface area (Å²) < 4.78 is 10.8. The molecule has 2 saturated heterocycles. The van der Waals surface area contributed by atoms with Crippen LogP contribution in [-0.2, 0) is 9.53 Å². The molecular formula is C15H18N2O4. The van der Waals surface area contributed by atoms with Crippen molar-refractivity contribution in [3.8, 4) is 0 Å². The predicted molar refractivity (Wildman–Crippen MR) is 74.8 cm³/mol. The first-order valence-corrected chi connectivity index (χ1v) is 6.97. The second kappa shape index (κ2) is 5.37. The number of amides is 2. The highest BCUT2D eigenvalue weighted by Crippen LogP contribution is 2.25. The third-order valence-electron chi connectivity index (χ3n) is 4.05. The largest absolute Gasteiger partial charge is 0.459 e. The minimum absolute atomic E-state index is 0.0559. The average Bonchev–Trinajstić information content (AvgIpc) is 3.07. The van der Waals surface area contributed by atoms with Gasteiger partial charge in [-0.25, -0.2) is 0 Å². The zero-order valence-corrected chi connectivity index (χ0v) is 11.9. The molecule has 0 aliphatic carbocycles. The number of ether oxygens (including phenoxy) is 1. The van der Waals surface area contributed by atoms with Gasteiger partial charge in [0.15, 0.2) is 5.76 Å². The summed E-state index contributed by atoms with van der Waals surface area (Å²) >= 11 is 0. The molecule has 6 heteroatoms. The van der Waals surface area contributed by atoms with E-state index in [2.05, 4.69) is 6.58 Å². The van der Waals surface area contributed by atoms with E-state index < -0.39 is 0 Å². The van der Waals surface area contributed by atoms with Crippen LogP contribution in [0.1, 0.15) is 16.1 Å². The fourth-order valence-corrected chi connectivity index (χ4v) is 2.94. The summed E-state index contributed by atoms with van der Waals surface area (Å²) in [6.07, 6.45) is 3.07. The van der Waals surface area contributed by atoms with E-state index >= 15 is 0 Å². The SMILES string of the molecule is C=CCN1C(=O)CO[C@@H]2CN(C(=O)c3occc3C)C[C@H]21. The number of hydrogen-bond donors (Lipinski definition) is 0. The Hall–Kier alpha value is -2.08. The normalized spacial score (nSPS) is 25.1. The van der Waals surface area contributed by atoms with Crippen LogP contribution in [0.25, 0.3) is 0 Å². The van der Waals surface area contributed by atoms with Crippen LogP contribution in [0.15, 0.2) is 29.4 Å². The second-order valence-electron chi connectivity index (χ2n) is 5.39. The number of rotatable bonds is 3. The van der Waals surface area contributed by atoms with Gasteiger partial charge in [-0.15, -0.1) is 6.58 Å². The van der Waals surface area contributed by atoms with E-state index in [1.807, 2.05) is 6.92 Å². The summed E-state index contributed by atoms with van der Waals surface area (Å²) in [7, 11) is 0. The number of morpholine rings is 1. The van der Waals surface area contributed by atoms with Crippen molar-refractivity contribution in [1.82, 2.24) is 9.80 Å². The molecule has 0 bridgehead atoms. The molecule has 2 atom stereocenters. The van der Waals surface area contributed by atoms with Crippen LogP contribution in [0.2, 0.25) is 0 Å². The molecule has 0 unspecified atom stereocenters. The van der Waals surface area contributed by atoms with E-state index in [0.29, 0.717) is 25.4 Å². The van der Waals surface area contributed by atoms with Gasteiger partial charge in [0.2, 0.25) is 5.91 Å². The molecule has 1 aromatic heterocycles. The summed E-state index contributed by atoms with van der Waals surface area (Å²) in [5.41, 5.74) is 0.815. The monoisotopic (exact) mass is 290 g/mol. The van der Waals surface area contributed by atoms with Crippen molar-refractivity contribution in [2.75, 3.05) is 26.2 Å². The number of furan rings is 1. The zero-order valence-electron chi connectivity index (χ0n) is 11.9. The second-order valence-corrected chi connectivity index (χ2v) is 5.39. The Kier molecular flexibility index (Phi) is 3.55. The lowest BCUT2D eigenvalue weighted by molar-refractivity contribution is -0.151. The van der Waals surface area contributed by atoms with Gasteiger partial charge < -0.3 is 19.0 Å². The Morgan fingerprint density at radius 3 is 3.00 bits per heavy atom. The number of carbonyl (C=O) groups excluding carboxylic acids is 2. The molecule has 0 spiro atoms. The van der Waals surface area contributed by atoms with Crippen molar-refractivity contribution in [2.24, 2.45) is 0 Å². The van der Waals surface area contributed by atoms with Gasteiger partial charge in [0.1, 0.15) is 6.61 Å². The highest BCUT2D eigenvalue weighted by molar-refractivity contribution is 5.93. The molecule has 2 amide bonds. The maximum atomic E-state index is 12.5. The first-order chi connectivity index (χ1) is 10.1. The van der Waals surface area contributed by atoms with Gasteiger partial charge in [0.25, 0.3) is 5.91 Å². The van der Waals surface area contributed by atoms with E-state index in [9.17, 15) is 9.59 Å². The van der Waals surface area contributed by atoms with Crippen molar-refractivity contribution in [1.29, 1.82) is 0 Å². The average molecular weight is 290 g/mol. The van der Waals surface area contributed by atoms with Crippen LogP contribution in [-0.4, -0.2) is 60.0 Å². The predicted octanol–water partition coefficient (Wildman–Crippen LogP) is 0.826. The third kappa shape index (κ3) is 2.35. The fourth-order valence-electron chi connectivity index (χ4n) is 2.94. The van der Waals surface area contributed by atoms with E-state index in [4.69, 9.17) is 9.15 Å². The topological polar surface area (TPSA) is 63.0 Å². The number of nitrogens with zero attached hydrogens (tertiary/aromatic N) is 2. The quantitative estimate of drug-likeness (QED) is 0.773. The number of fused-ring (bicyclic) bond motifs is 1. The van der Waals surface area contributed by atoms with Gasteiger partial charge in [0, 0.05) is 25.2 Å². The highest BCUT2D eigenvalue weighted by Gasteiger charge is 2.44. The summed E-state index contributed by atoms with van der Waals surface area (Å²) in [5, 5.41) is 0.